The van der Waals surface area contributed by atoms with Gasteiger partial charge >= 0.3 is 0 Å². The van der Waals surface area contributed by atoms with Crippen molar-refractivity contribution < 1.29 is 8.42 Å². The molecule has 2 N–H and O–H groups in total. The first kappa shape index (κ1) is 19.9. The highest BCUT2D eigenvalue weighted by Gasteiger charge is 2.47. The van der Waals surface area contributed by atoms with Crippen LogP contribution in [0.15, 0.2) is 53.4 Å². The molecule has 0 fully saturated rings. The maximum Gasteiger partial charge on any atom is 0.179 e. The zero-order chi connectivity index (χ0) is 19.7. The van der Waals surface area contributed by atoms with E-state index in [0.29, 0.717) is 10.6 Å². The predicted octanol–water partition coefficient (Wildman–Crippen LogP) is 5.41. The lowest BCUT2D eigenvalue weighted by Crippen LogP contribution is -2.37. The molecule has 0 amide bonds. The predicted molar refractivity (Wildman–Crippen MR) is 113 cm³/mol. The third kappa shape index (κ3) is 3.64. The maximum absolute atomic E-state index is 13.4. The van der Waals surface area contributed by atoms with Crippen LogP contribution in [-0.2, 0) is 9.84 Å². The van der Waals surface area contributed by atoms with Gasteiger partial charge in [0.05, 0.1) is 10.6 Å². The van der Waals surface area contributed by atoms with Crippen LogP contribution in [0.4, 0.5) is 5.69 Å². The zero-order valence-electron chi connectivity index (χ0n) is 16.6. The van der Waals surface area contributed by atoms with Crippen molar-refractivity contribution in [3.63, 3.8) is 0 Å². The first-order chi connectivity index (χ1) is 12.8. The third-order valence-corrected chi connectivity index (χ3v) is 8.54. The Kier molecular flexibility index (Phi) is 5.66. The summed E-state index contributed by atoms with van der Waals surface area (Å²) < 4.78 is 26.8. The molecule has 0 unspecified atom stereocenters. The Morgan fingerprint density at radius 3 is 2.44 bits per heavy atom. The van der Waals surface area contributed by atoms with Gasteiger partial charge < -0.3 is 5.73 Å². The summed E-state index contributed by atoms with van der Waals surface area (Å²) in [7, 11) is -3.37. The summed E-state index contributed by atoms with van der Waals surface area (Å²) in [5.74, 6) is 0.450. The minimum Gasteiger partial charge on any atom is -0.399 e. The van der Waals surface area contributed by atoms with Crippen molar-refractivity contribution in [2.24, 2.45) is 11.3 Å². The van der Waals surface area contributed by atoms with E-state index >= 15 is 0 Å². The van der Waals surface area contributed by atoms with Gasteiger partial charge in [0.2, 0.25) is 0 Å². The fourth-order valence-corrected chi connectivity index (χ4v) is 7.21. The third-order valence-electron chi connectivity index (χ3n) is 6.54. The monoisotopic (exact) mass is 385 g/mol. The number of hydrogen-bond donors (Lipinski definition) is 1. The van der Waals surface area contributed by atoms with Gasteiger partial charge in [0, 0.05) is 11.6 Å². The maximum atomic E-state index is 13.4. The number of nitrogen functional groups attached to an aromatic ring is 1. The van der Waals surface area contributed by atoms with Crippen LogP contribution in [0.25, 0.3) is 0 Å². The summed E-state index contributed by atoms with van der Waals surface area (Å²) in [5, 5.41) is 0. The van der Waals surface area contributed by atoms with Crippen LogP contribution in [0.2, 0.25) is 0 Å². The van der Waals surface area contributed by atoms with Crippen LogP contribution in [0.5, 0.6) is 0 Å². The van der Waals surface area contributed by atoms with E-state index in [-0.39, 0.29) is 23.0 Å². The molecule has 1 aliphatic heterocycles. The van der Waals surface area contributed by atoms with E-state index in [1.54, 1.807) is 12.1 Å². The molecule has 2 aromatic rings. The first-order valence-electron chi connectivity index (χ1n) is 10.0. The molecular formula is C23H31NO2S. The van der Waals surface area contributed by atoms with Gasteiger partial charge in [-0.15, -0.1) is 0 Å². The van der Waals surface area contributed by atoms with E-state index in [2.05, 4.69) is 32.9 Å². The molecule has 3 nitrogen and oxygen atoms in total. The van der Waals surface area contributed by atoms with E-state index in [4.69, 9.17) is 5.73 Å². The second-order valence-corrected chi connectivity index (χ2v) is 10.0. The number of unbranched alkanes of at least 4 members (excludes halogenated alkanes) is 1. The molecule has 27 heavy (non-hydrogen) atoms. The van der Waals surface area contributed by atoms with Crippen LogP contribution < -0.4 is 5.73 Å². The number of anilines is 1. The summed E-state index contributed by atoms with van der Waals surface area (Å²) in [6.07, 6.45) is 3.92. The molecule has 1 heterocycles. The minimum absolute atomic E-state index is 0.0266. The molecule has 0 aromatic heterocycles. The highest BCUT2D eigenvalue weighted by molar-refractivity contribution is 7.91. The van der Waals surface area contributed by atoms with Crippen LogP contribution >= 0.6 is 0 Å². The van der Waals surface area contributed by atoms with Crippen molar-refractivity contribution in [3.8, 4) is 0 Å². The summed E-state index contributed by atoms with van der Waals surface area (Å²) in [6.45, 7) is 6.56. The van der Waals surface area contributed by atoms with Crippen molar-refractivity contribution in [2.45, 2.75) is 57.3 Å². The van der Waals surface area contributed by atoms with E-state index in [9.17, 15) is 8.42 Å². The summed E-state index contributed by atoms with van der Waals surface area (Å²) in [5.41, 5.74) is 8.51. The van der Waals surface area contributed by atoms with Gasteiger partial charge in [0.1, 0.15) is 0 Å². The Balaban J connectivity index is 2.28. The topological polar surface area (TPSA) is 60.2 Å². The van der Waals surface area contributed by atoms with E-state index in [1.807, 2.05) is 24.3 Å². The van der Waals surface area contributed by atoms with Crippen molar-refractivity contribution in [1.29, 1.82) is 0 Å². The first-order valence-corrected chi connectivity index (χ1v) is 11.7. The van der Waals surface area contributed by atoms with Crippen molar-refractivity contribution in [3.05, 3.63) is 59.7 Å². The molecule has 3 atom stereocenters. The lowest BCUT2D eigenvalue weighted by Gasteiger charge is -2.41. The molecule has 0 saturated carbocycles. The molecule has 0 saturated heterocycles. The number of sulfone groups is 1. The lowest BCUT2D eigenvalue weighted by molar-refractivity contribution is 0.160. The Morgan fingerprint density at radius 1 is 1.11 bits per heavy atom. The van der Waals surface area contributed by atoms with Crippen molar-refractivity contribution >= 4 is 15.5 Å². The zero-order valence-corrected chi connectivity index (χ0v) is 17.4. The smallest absolute Gasteiger partial charge is 0.179 e. The SMILES string of the molecule is CCCC[C@@]1(CC)CS(=O)(=O)c2ccc(N)cc2[C@@H](c2ccccc2)[C@H]1C. The fraction of sp³-hybridized carbons (Fsp3) is 0.478. The number of fused-ring (bicyclic) bond motifs is 1. The number of hydrogen-bond acceptors (Lipinski definition) is 3. The summed E-state index contributed by atoms with van der Waals surface area (Å²) in [6, 6.07) is 15.6. The van der Waals surface area contributed by atoms with Crippen LogP contribution in [0.1, 0.15) is 63.5 Å². The van der Waals surface area contributed by atoms with Crippen LogP contribution in [-0.4, -0.2) is 14.2 Å². The molecule has 0 aliphatic carbocycles. The van der Waals surface area contributed by atoms with Gasteiger partial charge in [0.15, 0.2) is 9.84 Å². The van der Waals surface area contributed by atoms with E-state index in [1.165, 1.54) is 5.56 Å². The number of rotatable bonds is 5. The van der Waals surface area contributed by atoms with Gasteiger partial charge in [-0.25, -0.2) is 8.42 Å². The van der Waals surface area contributed by atoms with Crippen molar-refractivity contribution in [2.75, 3.05) is 11.5 Å². The average Bonchev–Trinajstić information content (AvgIpc) is 2.72. The fourth-order valence-electron chi connectivity index (χ4n) is 4.86. The Hall–Kier alpha value is -1.81. The number of nitrogens with two attached hydrogens (primary N) is 1. The van der Waals surface area contributed by atoms with E-state index in [0.717, 1.165) is 31.2 Å². The second-order valence-electron chi connectivity index (χ2n) is 8.05. The average molecular weight is 386 g/mol. The van der Waals surface area contributed by atoms with Crippen LogP contribution in [0, 0.1) is 11.3 Å². The molecule has 2 aromatic carbocycles. The van der Waals surface area contributed by atoms with Gasteiger partial charge in [0.25, 0.3) is 0 Å². The minimum atomic E-state index is -3.37. The molecular weight excluding hydrogens is 354 g/mol. The largest absolute Gasteiger partial charge is 0.399 e. The molecule has 0 bridgehead atoms. The standard InChI is InChI=1S/C23H31NO2S/c1-4-6-14-23(5-2)16-27(25,26)21-13-12-19(24)15-20(21)22(17(23)3)18-10-8-7-9-11-18/h7-13,15,17,22H,4-6,14,16,24H2,1-3H3/t17-,22-,23+/m1/s1. The molecule has 0 spiro atoms. The summed E-state index contributed by atoms with van der Waals surface area (Å²) >= 11 is 0. The molecule has 1 aliphatic rings. The van der Waals surface area contributed by atoms with Gasteiger partial charge in [-0.2, -0.15) is 0 Å². The Morgan fingerprint density at radius 2 is 1.81 bits per heavy atom. The highest BCUT2D eigenvalue weighted by Crippen LogP contribution is 2.52. The van der Waals surface area contributed by atoms with Crippen molar-refractivity contribution in [1.82, 2.24) is 0 Å². The quantitative estimate of drug-likeness (QED) is 0.700. The van der Waals surface area contributed by atoms with Gasteiger partial charge in [-0.3, -0.25) is 0 Å². The molecule has 4 heteroatoms. The van der Waals surface area contributed by atoms with Gasteiger partial charge in [-0.05, 0) is 53.5 Å². The molecule has 3 rings (SSSR count). The summed E-state index contributed by atoms with van der Waals surface area (Å²) in [4.78, 5) is 0.462. The number of benzene rings is 2. The molecule has 0 radical (unpaired) electrons. The highest BCUT2D eigenvalue weighted by atomic mass is 32.2. The second kappa shape index (κ2) is 7.67. The van der Waals surface area contributed by atoms with Gasteiger partial charge in [-0.1, -0.05) is 63.9 Å². The Bertz CT molecular complexity index is 892. The Labute approximate surface area is 163 Å². The van der Waals surface area contributed by atoms with Crippen LogP contribution in [0.3, 0.4) is 0 Å². The molecule has 146 valence electrons. The van der Waals surface area contributed by atoms with E-state index < -0.39 is 9.84 Å². The lowest BCUT2D eigenvalue weighted by atomic mass is 9.64. The normalized spacial score (nSPS) is 26.9.